The number of aromatic nitrogens is 5. The number of carbonyl (C=O) groups is 2. The number of H-pyrrole nitrogens is 1. The summed E-state index contributed by atoms with van der Waals surface area (Å²) in [5.41, 5.74) is 6.60. The molecule has 0 bridgehead atoms. The van der Waals surface area contributed by atoms with Crippen molar-refractivity contribution in [2.75, 3.05) is 19.0 Å². The van der Waals surface area contributed by atoms with Crippen molar-refractivity contribution in [3.8, 4) is 17.4 Å². The summed E-state index contributed by atoms with van der Waals surface area (Å²) in [6.07, 6.45) is 4.67. The van der Waals surface area contributed by atoms with Crippen molar-refractivity contribution < 1.29 is 24.2 Å². The summed E-state index contributed by atoms with van der Waals surface area (Å²) in [6.45, 7) is 5.04. The predicted octanol–water partition coefficient (Wildman–Crippen LogP) is 2.32. The van der Waals surface area contributed by atoms with Crippen LogP contribution in [0.5, 0.6) is 11.5 Å². The van der Waals surface area contributed by atoms with Crippen LogP contribution >= 0.6 is 0 Å². The van der Waals surface area contributed by atoms with Gasteiger partial charge in [-0.1, -0.05) is 18.7 Å². The molecule has 0 saturated heterocycles. The Kier molecular flexibility index (Phi) is 9.51. The lowest BCUT2D eigenvalue weighted by atomic mass is 10.0. The quantitative estimate of drug-likeness (QED) is 0.220. The fraction of sp³-hybridized carbons (Fsp3) is 0.154. The monoisotopic (exact) mass is 533 g/mol. The normalized spacial score (nSPS) is 10.9. The molecule has 2 aromatic carbocycles. The van der Waals surface area contributed by atoms with Gasteiger partial charge in [-0.15, -0.1) is 9.78 Å². The smallest absolute Gasteiger partial charge is 0.350 e. The van der Waals surface area contributed by atoms with Crippen LogP contribution in [-0.4, -0.2) is 55.4 Å². The highest BCUT2D eigenvalue weighted by Gasteiger charge is 2.22. The molecule has 4 rings (SSSR count). The van der Waals surface area contributed by atoms with E-state index in [2.05, 4.69) is 31.9 Å². The van der Waals surface area contributed by atoms with Gasteiger partial charge in [-0.05, 0) is 48.0 Å². The predicted molar refractivity (Wildman–Crippen MR) is 142 cm³/mol. The number of methoxy groups -OCH3 is 1. The lowest BCUT2D eigenvalue weighted by molar-refractivity contribution is -0.134. The summed E-state index contributed by atoms with van der Waals surface area (Å²) in [4.78, 5) is 44.1. The molecule has 2 heterocycles. The average Bonchev–Trinajstić information content (AvgIpc) is 3.32. The van der Waals surface area contributed by atoms with Crippen molar-refractivity contribution in [1.29, 1.82) is 0 Å². The number of rotatable bonds is 10. The minimum Gasteiger partial charge on any atom is -0.493 e. The molecule has 1 unspecified atom stereocenters. The zero-order chi connectivity index (χ0) is 28.4. The van der Waals surface area contributed by atoms with Gasteiger partial charge in [-0.25, -0.2) is 14.8 Å². The zero-order valence-electron chi connectivity index (χ0n) is 21.2. The fourth-order valence-electron chi connectivity index (χ4n) is 3.35. The average molecular weight is 534 g/mol. The molecule has 39 heavy (non-hydrogen) atoms. The molecule has 0 aliphatic heterocycles. The molecule has 4 aromatic rings. The highest BCUT2D eigenvalue weighted by atomic mass is 16.5. The first kappa shape index (κ1) is 28.1. The second kappa shape index (κ2) is 13.2. The molecule has 5 N–H and O–H groups in total. The summed E-state index contributed by atoms with van der Waals surface area (Å²) < 4.78 is 12.2. The highest BCUT2D eigenvalue weighted by molar-refractivity contribution is 5.93. The fourth-order valence-corrected chi connectivity index (χ4v) is 3.35. The van der Waals surface area contributed by atoms with Crippen LogP contribution in [0, 0.1) is 0 Å². The van der Waals surface area contributed by atoms with Gasteiger partial charge in [0.25, 0.3) is 11.9 Å². The van der Waals surface area contributed by atoms with Crippen LogP contribution in [0.1, 0.15) is 34.7 Å². The number of nitrogens with one attached hydrogen (secondary N) is 2. The Bertz CT molecular complexity index is 1480. The molecule has 13 heteroatoms. The summed E-state index contributed by atoms with van der Waals surface area (Å²) in [7, 11) is 1.55. The van der Waals surface area contributed by atoms with Gasteiger partial charge in [-0.2, -0.15) is 0 Å². The maximum Gasteiger partial charge on any atom is 0.350 e. The number of nitrogens with zero attached hydrogens (tertiary/aromatic N) is 4. The Balaban J connectivity index is 0.000000983. The molecular formula is C26H27N7O6. The van der Waals surface area contributed by atoms with Gasteiger partial charge in [0.05, 0.1) is 7.11 Å². The number of nitrogens with two attached hydrogens (primary N) is 1. The second-order valence-corrected chi connectivity index (χ2v) is 7.82. The largest absolute Gasteiger partial charge is 0.493 e. The van der Waals surface area contributed by atoms with E-state index in [1.54, 1.807) is 55.7 Å². The van der Waals surface area contributed by atoms with Crippen LogP contribution in [0.25, 0.3) is 5.95 Å². The van der Waals surface area contributed by atoms with Crippen molar-refractivity contribution in [2.45, 2.75) is 13.0 Å². The number of primary amides is 1. The molecule has 2 aromatic heterocycles. The number of anilines is 1. The summed E-state index contributed by atoms with van der Waals surface area (Å²) in [6, 6.07) is 13.0. The van der Waals surface area contributed by atoms with Crippen molar-refractivity contribution in [2.24, 2.45) is 5.73 Å². The first-order valence-corrected chi connectivity index (χ1v) is 11.5. The van der Waals surface area contributed by atoms with E-state index in [1.165, 1.54) is 12.4 Å². The lowest BCUT2D eigenvalue weighted by Gasteiger charge is -2.20. The van der Waals surface area contributed by atoms with Gasteiger partial charge in [0.1, 0.15) is 12.6 Å². The Labute approximate surface area is 223 Å². The Morgan fingerprint density at radius 2 is 1.85 bits per heavy atom. The number of hydrogen-bond donors (Lipinski definition) is 4. The SMILES string of the molecule is C=CCOc1cc(C(Nc2ccc(C(N)=O)cc2)c2nn(-c3ncccn3)c(=O)[nH]2)ccc1OC.CC(=O)O. The number of aromatic amines is 1. The van der Waals surface area contributed by atoms with Gasteiger partial charge in [0.2, 0.25) is 5.91 Å². The van der Waals surface area contributed by atoms with Crippen LogP contribution in [0.15, 0.2) is 78.4 Å². The first-order chi connectivity index (χ1) is 18.7. The zero-order valence-corrected chi connectivity index (χ0v) is 21.2. The third-order valence-electron chi connectivity index (χ3n) is 5.01. The number of aliphatic carboxylic acids is 1. The summed E-state index contributed by atoms with van der Waals surface area (Å²) in [5, 5.41) is 15.2. The summed E-state index contributed by atoms with van der Waals surface area (Å²) in [5.74, 6) is 0.111. The van der Waals surface area contributed by atoms with E-state index in [1.807, 2.05) is 6.07 Å². The second-order valence-electron chi connectivity index (χ2n) is 7.82. The Hall–Kier alpha value is -5.46. The van der Waals surface area contributed by atoms with E-state index >= 15 is 0 Å². The molecule has 1 amide bonds. The number of benzene rings is 2. The molecule has 0 radical (unpaired) electrons. The molecular weight excluding hydrogens is 506 g/mol. The van der Waals surface area contributed by atoms with E-state index < -0.39 is 23.6 Å². The van der Waals surface area contributed by atoms with Crippen LogP contribution in [0.4, 0.5) is 5.69 Å². The third-order valence-corrected chi connectivity index (χ3v) is 5.01. The highest BCUT2D eigenvalue weighted by Crippen LogP contribution is 2.33. The van der Waals surface area contributed by atoms with E-state index in [4.69, 9.17) is 25.1 Å². The molecule has 0 fully saturated rings. The number of ether oxygens (including phenoxy) is 2. The number of carbonyl (C=O) groups excluding carboxylic acids is 1. The van der Waals surface area contributed by atoms with Crippen LogP contribution < -0.4 is 26.2 Å². The minimum absolute atomic E-state index is 0.134. The minimum atomic E-state index is -0.833. The van der Waals surface area contributed by atoms with Crippen molar-refractivity contribution in [3.05, 3.63) is 101 Å². The van der Waals surface area contributed by atoms with Crippen LogP contribution in [0.2, 0.25) is 0 Å². The first-order valence-electron chi connectivity index (χ1n) is 11.5. The van der Waals surface area contributed by atoms with E-state index in [0.29, 0.717) is 28.6 Å². The molecule has 0 saturated carbocycles. The van der Waals surface area contributed by atoms with E-state index in [9.17, 15) is 9.59 Å². The number of carboxylic acids is 1. The number of amides is 1. The number of hydrogen-bond acceptors (Lipinski definition) is 9. The van der Waals surface area contributed by atoms with Crippen LogP contribution in [-0.2, 0) is 4.79 Å². The standard InChI is InChI=1S/C24H23N7O4.C2H4O2/c1-3-13-35-19-14-16(7-10-18(19)34-2)20(28-17-8-5-15(6-9-17)21(25)32)22-29-24(33)31(30-22)23-26-11-4-12-27-23;1-2(3)4/h3-12,14,20,28H,1,13H2,2H3,(H2,25,32)(H,29,30,33);1H3,(H,3,4). The molecule has 0 aliphatic rings. The molecule has 13 nitrogen and oxygen atoms in total. The third kappa shape index (κ3) is 7.52. The Morgan fingerprint density at radius 3 is 2.44 bits per heavy atom. The molecule has 202 valence electrons. The topological polar surface area (TPSA) is 187 Å². The summed E-state index contributed by atoms with van der Waals surface area (Å²) >= 11 is 0. The molecule has 1 atom stereocenters. The van der Waals surface area contributed by atoms with Crippen molar-refractivity contribution in [1.82, 2.24) is 24.7 Å². The number of carboxylic acid groups (broad SMARTS) is 1. The van der Waals surface area contributed by atoms with Gasteiger partial charge in [-0.3, -0.25) is 14.6 Å². The van der Waals surface area contributed by atoms with E-state index in [0.717, 1.165) is 17.2 Å². The van der Waals surface area contributed by atoms with Gasteiger partial charge >= 0.3 is 5.69 Å². The molecule has 0 spiro atoms. The molecule has 0 aliphatic carbocycles. The maximum atomic E-state index is 12.7. The maximum absolute atomic E-state index is 12.7. The van der Waals surface area contributed by atoms with Gasteiger partial charge in [0, 0.05) is 30.6 Å². The van der Waals surface area contributed by atoms with Gasteiger partial charge in [0.15, 0.2) is 17.3 Å². The van der Waals surface area contributed by atoms with Gasteiger partial charge < -0.3 is 25.6 Å². The van der Waals surface area contributed by atoms with Crippen molar-refractivity contribution in [3.63, 3.8) is 0 Å². The Morgan fingerprint density at radius 1 is 1.18 bits per heavy atom. The lowest BCUT2D eigenvalue weighted by Crippen LogP contribution is -2.18. The van der Waals surface area contributed by atoms with Crippen LogP contribution in [0.3, 0.4) is 0 Å². The van der Waals surface area contributed by atoms with E-state index in [-0.39, 0.29) is 12.6 Å². The van der Waals surface area contributed by atoms with Crippen molar-refractivity contribution >= 4 is 17.6 Å².